The lowest BCUT2D eigenvalue weighted by atomic mass is 9.88. The molecular formula is C15H19Cl2NO. The van der Waals surface area contributed by atoms with Crippen molar-refractivity contribution >= 4 is 34.8 Å². The molecule has 0 spiro atoms. The van der Waals surface area contributed by atoms with Crippen molar-refractivity contribution in [2.45, 2.75) is 39.0 Å². The molecule has 1 amide bonds. The number of amides is 1. The fraction of sp³-hybridized carbons (Fsp3) is 0.533. The third kappa shape index (κ3) is 3.43. The van der Waals surface area contributed by atoms with Crippen LogP contribution in [0.1, 0.15) is 39.0 Å². The van der Waals surface area contributed by atoms with Gasteiger partial charge in [-0.15, -0.1) is 0 Å². The Morgan fingerprint density at radius 1 is 1.21 bits per heavy atom. The minimum absolute atomic E-state index is 0.170. The summed E-state index contributed by atoms with van der Waals surface area (Å²) in [6.45, 7) is 2.65. The maximum absolute atomic E-state index is 12.6. The van der Waals surface area contributed by atoms with Crippen LogP contribution in [-0.4, -0.2) is 12.5 Å². The first-order valence-electron chi connectivity index (χ1n) is 6.90. The highest BCUT2D eigenvalue weighted by molar-refractivity contribution is 6.42. The Morgan fingerprint density at radius 2 is 1.89 bits per heavy atom. The number of nitrogens with zero attached hydrogens (tertiary/aromatic N) is 1. The Kier molecular flexibility index (Phi) is 5.12. The molecule has 0 heterocycles. The highest BCUT2D eigenvalue weighted by atomic mass is 35.5. The molecule has 0 saturated heterocycles. The lowest BCUT2D eigenvalue weighted by Crippen LogP contribution is -2.37. The molecule has 4 heteroatoms. The van der Waals surface area contributed by atoms with Gasteiger partial charge in [-0.3, -0.25) is 4.79 Å². The maximum atomic E-state index is 12.6. The summed E-state index contributed by atoms with van der Waals surface area (Å²) in [6, 6.07) is 5.38. The standard InChI is InChI=1S/C15H19Cl2NO/c1-2-18(12-8-9-13(16)14(17)10-12)15(19)11-6-4-3-5-7-11/h8-11H,2-7H2,1H3. The normalized spacial score (nSPS) is 16.4. The van der Waals surface area contributed by atoms with Crippen LogP contribution in [-0.2, 0) is 4.79 Å². The van der Waals surface area contributed by atoms with Gasteiger partial charge in [-0.25, -0.2) is 0 Å². The van der Waals surface area contributed by atoms with Gasteiger partial charge in [0.2, 0.25) is 5.91 Å². The second-order valence-electron chi connectivity index (χ2n) is 5.02. The molecule has 0 atom stereocenters. The zero-order valence-electron chi connectivity index (χ0n) is 11.2. The van der Waals surface area contributed by atoms with Crippen LogP contribution in [0.25, 0.3) is 0 Å². The summed E-state index contributed by atoms with van der Waals surface area (Å²) in [5.74, 6) is 0.392. The molecule has 1 aromatic carbocycles. The summed E-state index contributed by atoms with van der Waals surface area (Å²) >= 11 is 12.0. The third-order valence-corrected chi connectivity index (χ3v) is 4.49. The van der Waals surface area contributed by atoms with Gasteiger partial charge < -0.3 is 4.90 Å². The summed E-state index contributed by atoms with van der Waals surface area (Å²) < 4.78 is 0. The van der Waals surface area contributed by atoms with Crippen LogP contribution in [0.3, 0.4) is 0 Å². The SMILES string of the molecule is CCN(C(=O)C1CCCCC1)c1ccc(Cl)c(Cl)c1. The van der Waals surface area contributed by atoms with Gasteiger partial charge in [-0.2, -0.15) is 0 Å². The van der Waals surface area contributed by atoms with Crippen molar-refractivity contribution in [2.75, 3.05) is 11.4 Å². The average molecular weight is 300 g/mol. The van der Waals surface area contributed by atoms with Gasteiger partial charge in [0.25, 0.3) is 0 Å². The molecule has 0 bridgehead atoms. The van der Waals surface area contributed by atoms with Gasteiger partial charge in [0, 0.05) is 18.2 Å². The number of halogens is 2. The van der Waals surface area contributed by atoms with Crippen LogP contribution in [0.15, 0.2) is 18.2 Å². The molecule has 2 nitrogen and oxygen atoms in total. The smallest absolute Gasteiger partial charge is 0.230 e. The first-order valence-corrected chi connectivity index (χ1v) is 7.65. The molecule has 1 saturated carbocycles. The van der Waals surface area contributed by atoms with Crippen molar-refractivity contribution in [1.82, 2.24) is 0 Å². The second kappa shape index (κ2) is 6.62. The fourth-order valence-corrected chi connectivity index (χ4v) is 2.98. The quantitative estimate of drug-likeness (QED) is 0.775. The van der Waals surface area contributed by atoms with E-state index in [-0.39, 0.29) is 11.8 Å². The van der Waals surface area contributed by atoms with E-state index in [0.717, 1.165) is 31.4 Å². The van der Waals surface area contributed by atoms with Crippen LogP contribution in [0.5, 0.6) is 0 Å². The van der Waals surface area contributed by atoms with E-state index in [1.54, 1.807) is 12.1 Å². The largest absolute Gasteiger partial charge is 0.312 e. The number of carbonyl (C=O) groups excluding carboxylic acids is 1. The van der Waals surface area contributed by atoms with Gasteiger partial charge in [-0.1, -0.05) is 42.5 Å². The summed E-state index contributed by atoms with van der Waals surface area (Å²) in [5, 5.41) is 1.01. The highest BCUT2D eigenvalue weighted by Crippen LogP contribution is 2.30. The number of benzene rings is 1. The van der Waals surface area contributed by atoms with Crippen LogP contribution < -0.4 is 4.90 Å². The fourth-order valence-electron chi connectivity index (χ4n) is 2.69. The summed E-state index contributed by atoms with van der Waals surface area (Å²) in [6.07, 6.45) is 5.60. The zero-order chi connectivity index (χ0) is 13.8. The van der Waals surface area contributed by atoms with E-state index in [4.69, 9.17) is 23.2 Å². The molecule has 0 radical (unpaired) electrons. The van der Waals surface area contributed by atoms with Gasteiger partial charge in [-0.05, 0) is 38.0 Å². The van der Waals surface area contributed by atoms with E-state index < -0.39 is 0 Å². The van der Waals surface area contributed by atoms with Gasteiger partial charge >= 0.3 is 0 Å². The molecule has 19 heavy (non-hydrogen) atoms. The van der Waals surface area contributed by atoms with E-state index in [0.29, 0.717) is 16.6 Å². The Bertz CT molecular complexity index is 455. The molecule has 2 rings (SSSR count). The van der Waals surface area contributed by atoms with E-state index in [1.165, 1.54) is 6.42 Å². The second-order valence-corrected chi connectivity index (χ2v) is 5.83. The molecule has 0 unspecified atom stereocenters. The predicted octanol–water partition coefficient (Wildman–Crippen LogP) is 4.93. The molecule has 0 N–H and O–H groups in total. The predicted molar refractivity (Wildman–Crippen MR) is 81.1 cm³/mol. The molecule has 1 aliphatic carbocycles. The zero-order valence-corrected chi connectivity index (χ0v) is 12.7. The van der Waals surface area contributed by atoms with Crippen molar-refractivity contribution in [2.24, 2.45) is 5.92 Å². The third-order valence-electron chi connectivity index (χ3n) is 3.75. The Hall–Kier alpha value is -0.730. The molecule has 1 aromatic rings. The lowest BCUT2D eigenvalue weighted by Gasteiger charge is -2.28. The molecule has 0 aromatic heterocycles. The minimum atomic E-state index is 0.170. The number of anilines is 1. The monoisotopic (exact) mass is 299 g/mol. The Balaban J connectivity index is 2.18. The lowest BCUT2D eigenvalue weighted by molar-refractivity contribution is -0.123. The topological polar surface area (TPSA) is 20.3 Å². The highest BCUT2D eigenvalue weighted by Gasteiger charge is 2.26. The molecular weight excluding hydrogens is 281 g/mol. The first-order chi connectivity index (χ1) is 9.13. The van der Waals surface area contributed by atoms with Crippen molar-refractivity contribution in [3.63, 3.8) is 0 Å². The molecule has 104 valence electrons. The summed E-state index contributed by atoms with van der Waals surface area (Å²) in [4.78, 5) is 14.4. The van der Waals surface area contributed by atoms with Gasteiger partial charge in [0.05, 0.1) is 10.0 Å². The van der Waals surface area contributed by atoms with E-state index >= 15 is 0 Å². The number of hydrogen-bond donors (Lipinski definition) is 0. The van der Waals surface area contributed by atoms with E-state index in [2.05, 4.69) is 0 Å². The number of hydrogen-bond acceptors (Lipinski definition) is 1. The van der Waals surface area contributed by atoms with Crippen LogP contribution in [0, 0.1) is 5.92 Å². The van der Waals surface area contributed by atoms with Crippen LogP contribution in [0.2, 0.25) is 10.0 Å². The van der Waals surface area contributed by atoms with Gasteiger partial charge in [0.15, 0.2) is 0 Å². The Labute approximate surface area is 124 Å². The van der Waals surface area contributed by atoms with Gasteiger partial charge in [0.1, 0.15) is 0 Å². The number of carbonyl (C=O) groups is 1. The van der Waals surface area contributed by atoms with Crippen molar-refractivity contribution in [3.05, 3.63) is 28.2 Å². The van der Waals surface area contributed by atoms with Crippen molar-refractivity contribution < 1.29 is 4.79 Å². The van der Waals surface area contributed by atoms with Crippen molar-refractivity contribution in [1.29, 1.82) is 0 Å². The number of rotatable bonds is 3. The average Bonchev–Trinajstić information content (AvgIpc) is 2.44. The minimum Gasteiger partial charge on any atom is -0.312 e. The maximum Gasteiger partial charge on any atom is 0.230 e. The molecule has 1 fully saturated rings. The van der Waals surface area contributed by atoms with Crippen LogP contribution >= 0.6 is 23.2 Å². The summed E-state index contributed by atoms with van der Waals surface area (Å²) in [5.41, 5.74) is 0.840. The van der Waals surface area contributed by atoms with Crippen LogP contribution in [0.4, 0.5) is 5.69 Å². The Morgan fingerprint density at radius 3 is 2.47 bits per heavy atom. The summed E-state index contributed by atoms with van der Waals surface area (Å²) in [7, 11) is 0. The van der Waals surface area contributed by atoms with E-state index in [9.17, 15) is 4.79 Å². The molecule has 1 aliphatic rings. The molecule has 0 aliphatic heterocycles. The first kappa shape index (κ1) is 14.7. The van der Waals surface area contributed by atoms with Crippen molar-refractivity contribution in [3.8, 4) is 0 Å². The van der Waals surface area contributed by atoms with E-state index in [1.807, 2.05) is 17.9 Å².